The summed E-state index contributed by atoms with van der Waals surface area (Å²) in [4.78, 5) is 5.50. The van der Waals surface area contributed by atoms with Crippen LogP contribution in [0.4, 0.5) is 0 Å². The van der Waals surface area contributed by atoms with Crippen molar-refractivity contribution in [2.24, 2.45) is 0 Å². The molecule has 1 atom stereocenters. The average molecular weight is 395 g/mol. The maximum absolute atomic E-state index is 12.9. The number of hydrogen-bond donors (Lipinski definition) is 0. The van der Waals surface area contributed by atoms with Gasteiger partial charge in [-0.15, -0.1) is 11.3 Å². The van der Waals surface area contributed by atoms with Crippen molar-refractivity contribution in [2.75, 3.05) is 18.6 Å². The second-order valence-electron chi connectivity index (χ2n) is 6.74. The molecule has 9 heteroatoms. The van der Waals surface area contributed by atoms with E-state index in [9.17, 15) is 16.8 Å². The second-order valence-corrected chi connectivity index (χ2v) is 12.4. The third-order valence-corrected chi connectivity index (χ3v) is 10.4. The molecule has 0 aliphatic carbocycles. The van der Waals surface area contributed by atoms with Crippen molar-refractivity contribution < 1.29 is 16.8 Å². The van der Waals surface area contributed by atoms with Crippen LogP contribution in [0.2, 0.25) is 0 Å². The molecular formula is C15H26N2O4S3. The van der Waals surface area contributed by atoms with Gasteiger partial charge in [0.25, 0.3) is 0 Å². The van der Waals surface area contributed by atoms with Crippen molar-refractivity contribution in [3.8, 4) is 0 Å². The number of aromatic nitrogens is 1. The summed E-state index contributed by atoms with van der Waals surface area (Å²) in [6.45, 7) is 7.90. The monoisotopic (exact) mass is 394 g/mol. The molecule has 1 aliphatic heterocycles. The number of nitrogens with zero attached hydrogens (tertiary/aromatic N) is 2. The number of sulfone groups is 1. The summed E-state index contributed by atoms with van der Waals surface area (Å²) >= 11 is 1.55. The van der Waals surface area contributed by atoms with Crippen LogP contribution in [0.3, 0.4) is 0 Å². The topological polar surface area (TPSA) is 84.4 Å². The van der Waals surface area contributed by atoms with Crippen molar-refractivity contribution in [1.82, 2.24) is 9.29 Å². The molecule has 1 fully saturated rings. The SMILES string of the molecule is Cc1nc(C(C)C)sc1C(C)N(C)S(=O)(=O)C1CCS(=O)(=O)CC1. The Morgan fingerprint density at radius 1 is 1.21 bits per heavy atom. The van der Waals surface area contributed by atoms with E-state index in [0.717, 1.165) is 15.6 Å². The summed E-state index contributed by atoms with van der Waals surface area (Å²) in [5.41, 5.74) is 0.865. The van der Waals surface area contributed by atoms with Gasteiger partial charge in [0.2, 0.25) is 10.0 Å². The summed E-state index contributed by atoms with van der Waals surface area (Å²) in [6.07, 6.45) is 0.362. The minimum absolute atomic E-state index is 0.0454. The molecule has 0 bridgehead atoms. The summed E-state index contributed by atoms with van der Waals surface area (Å²) in [6, 6.07) is -0.307. The second kappa shape index (κ2) is 7.01. The van der Waals surface area contributed by atoms with Gasteiger partial charge in [0.15, 0.2) is 0 Å². The molecule has 0 spiro atoms. The van der Waals surface area contributed by atoms with Gasteiger partial charge < -0.3 is 0 Å². The van der Waals surface area contributed by atoms with Crippen LogP contribution in [0, 0.1) is 6.92 Å². The van der Waals surface area contributed by atoms with Gasteiger partial charge >= 0.3 is 0 Å². The fourth-order valence-corrected chi connectivity index (χ4v) is 7.72. The highest BCUT2D eigenvalue weighted by molar-refractivity contribution is 7.92. The predicted molar refractivity (Wildman–Crippen MR) is 97.7 cm³/mol. The Hall–Kier alpha value is -0.510. The van der Waals surface area contributed by atoms with E-state index >= 15 is 0 Å². The molecule has 1 aromatic heterocycles. The van der Waals surface area contributed by atoms with Crippen LogP contribution >= 0.6 is 11.3 Å². The van der Waals surface area contributed by atoms with E-state index in [1.165, 1.54) is 4.31 Å². The zero-order chi connectivity index (χ0) is 18.3. The number of rotatable bonds is 5. The Morgan fingerprint density at radius 2 is 1.75 bits per heavy atom. The lowest BCUT2D eigenvalue weighted by atomic mass is 10.2. The standard InChI is InChI=1S/C15H26N2O4S3/c1-10(2)15-16-11(3)14(22-15)12(4)17(5)24(20,21)13-6-8-23(18,19)9-7-13/h10,12-13H,6-9H2,1-5H3. The lowest BCUT2D eigenvalue weighted by Crippen LogP contribution is -2.41. The predicted octanol–water partition coefficient (Wildman–Crippen LogP) is 2.47. The van der Waals surface area contributed by atoms with Crippen LogP contribution in [0.1, 0.15) is 61.2 Å². The minimum atomic E-state index is -3.54. The Balaban J connectivity index is 2.22. The lowest BCUT2D eigenvalue weighted by Gasteiger charge is -2.30. The Bertz CT molecular complexity index is 783. The van der Waals surface area contributed by atoms with Crippen LogP contribution in [0.15, 0.2) is 0 Å². The van der Waals surface area contributed by atoms with E-state index in [1.807, 2.05) is 13.8 Å². The van der Waals surface area contributed by atoms with E-state index in [4.69, 9.17) is 0 Å². The zero-order valence-corrected chi connectivity index (χ0v) is 17.3. The molecule has 2 heterocycles. The van der Waals surface area contributed by atoms with Gasteiger partial charge in [-0.25, -0.2) is 21.8 Å². The quantitative estimate of drug-likeness (QED) is 0.766. The molecule has 0 radical (unpaired) electrons. The Morgan fingerprint density at radius 3 is 2.21 bits per heavy atom. The van der Waals surface area contributed by atoms with Crippen molar-refractivity contribution in [1.29, 1.82) is 0 Å². The van der Waals surface area contributed by atoms with Gasteiger partial charge in [0.1, 0.15) is 9.84 Å². The molecule has 1 unspecified atom stereocenters. The Kier molecular flexibility index (Phi) is 5.79. The van der Waals surface area contributed by atoms with Gasteiger partial charge in [-0.3, -0.25) is 0 Å². The first-order valence-corrected chi connectivity index (χ1v) is 12.2. The highest BCUT2D eigenvalue weighted by atomic mass is 32.2. The maximum Gasteiger partial charge on any atom is 0.217 e. The highest BCUT2D eigenvalue weighted by Gasteiger charge is 2.37. The number of sulfonamides is 1. The molecule has 0 amide bonds. The summed E-state index contributed by atoms with van der Waals surface area (Å²) in [5.74, 6) is 0.215. The van der Waals surface area contributed by atoms with E-state index in [2.05, 4.69) is 18.8 Å². The molecule has 6 nitrogen and oxygen atoms in total. The maximum atomic E-state index is 12.9. The smallest absolute Gasteiger partial charge is 0.217 e. The summed E-state index contributed by atoms with van der Waals surface area (Å²) in [5, 5.41) is 0.384. The lowest BCUT2D eigenvalue weighted by molar-refractivity contribution is 0.391. The molecule has 0 aromatic carbocycles. The third kappa shape index (κ3) is 4.00. The molecular weight excluding hydrogens is 368 g/mol. The fraction of sp³-hybridized carbons (Fsp3) is 0.800. The molecule has 1 aliphatic rings. The minimum Gasteiger partial charge on any atom is -0.246 e. The molecule has 1 saturated heterocycles. The third-order valence-electron chi connectivity index (χ3n) is 4.59. The van der Waals surface area contributed by atoms with Crippen molar-refractivity contribution in [3.05, 3.63) is 15.6 Å². The van der Waals surface area contributed by atoms with Gasteiger partial charge in [-0.2, -0.15) is 4.31 Å². The van der Waals surface area contributed by atoms with Crippen molar-refractivity contribution >= 4 is 31.2 Å². The molecule has 1 aromatic rings. The van der Waals surface area contributed by atoms with Crippen LogP contribution < -0.4 is 0 Å². The van der Waals surface area contributed by atoms with Crippen LogP contribution in [-0.4, -0.2) is 49.9 Å². The highest BCUT2D eigenvalue weighted by Crippen LogP contribution is 2.34. The number of hydrogen-bond acceptors (Lipinski definition) is 6. The zero-order valence-electron chi connectivity index (χ0n) is 14.8. The van der Waals surface area contributed by atoms with E-state index in [1.54, 1.807) is 18.4 Å². The van der Waals surface area contributed by atoms with E-state index < -0.39 is 25.1 Å². The Labute approximate surface area is 149 Å². The van der Waals surface area contributed by atoms with Crippen molar-refractivity contribution in [2.45, 2.75) is 57.7 Å². The van der Waals surface area contributed by atoms with Crippen molar-refractivity contribution in [3.63, 3.8) is 0 Å². The fourth-order valence-electron chi connectivity index (χ4n) is 2.85. The van der Waals surface area contributed by atoms with Gasteiger partial charge in [0.05, 0.1) is 33.5 Å². The van der Waals surface area contributed by atoms with Gasteiger partial charge in [0, 0.05) is 17.8 Å². The normalized spacial score (nSPS) is 20.6. The van der Waals surface area contributed by atoms with Gasteiger partial charge in [-0.1, -0.05) is 13.8 Å². The van der Waals surface area contributed by atoms with Crippen LogP contribution in [-0.2, 0) is 19.9 Å². The molecule has 2 rings (SSSR count). The summed E-state index contributed by atoms with van der Waals surface area (Å²) in [7, 11) is -5.04. The largest absolute Gasteiger partial charge is 0.246 e. The number of aryl methyl sites for hydroxylation is 1. The summed E-state index contributed by atoms with van der Waals surface area (Å²) < 4.78 is 50.2. The van der Waals surface area contributed by atoms with Crippen LogP contribution in [0.25, 0.3) is 0 Å². The van der Waals surface area contributed by atoms with Crippen LogP contribution in [0.5, 0.6) is 0 Å². The molecule has 138 valence electrons. The first-order chi connectivity index (χ1) is 11.0. The molecule has 24 heavy (non-hydrogen) atoms. The van der Waals surface area contributed by atoms with E-state index in [-0.39, 0.29) is 30.4 Å². The van der Waals surface area contributed by atoms with Gasteiger partial charge in [-0.05, 0) is 26.7 Å². The van der Waals surface area contributed by atoms with E-state index in [0.29, 0.717) is 5.92 Å². The molecule has 0 saturated carbocycles. The first kappa shape index (κ1) is 19.8. The average Bonchev–Trinajstić information content (AvgIpc) is 2.87. The molecule has 0 N–H and O–H groups in total. The first-order valence-electron chi connectivity index (χ1n) is 8.10. The number of thiazole rings is 1.